The predicted octanol–water partition coefficient (Wildman–Crippen LogP) is 2.49. The van der Waals surface area contributed by atoms with Gasteiger partial charge in [0.05, 0.1) is 4.90 Å². The Morgan fingerprint density at radius 2 is 1.75 bits per heavy atom. The Morgan fingerprint density at radius 3 is 2.33 bits per heavy atom. The summed E-state index contributed by atoms with van der Waals surface area (Å²) in [5, 5.41) is 0. The van der Waals surface area contributed by atoms with E-state index in [1.54, 1.807) is 12.1 Å². The lowest BCUT2D eigenvalue weighted by atomic mass is 10.1. The molecule has 0 radical (unpaired) electrons. The molecule has 24 heavy (non-hydrogen) atoms. The number of likely N-dealkylation sites (tertiary alicyclic amines) is 1. The van der Waals surface area contributed by atoms with Crippen molar-refractivity contribution in [2.24, 2.45) is 0 Å². The zero-order valence-electron chi connectivity index (χ0n) is 14.4. The molecule has 1 aliphatic heterocycles. The highest BCUT2D eigenvalue weighted by Crippen LogP contribution is 2.26. The molecule has 1 saturated heterocycles. The molecule has 1 atom stereocenters. The first kappa shape index (κ1) is 17.0. The molecule has 3 rings (SSSR count). The van der Waals surface area contributed by atoms with Crippen LogP contribution in [-0.2, 0) is 16.4 Å². The Kier molecular flexibility index (Phi) is 4.69. The van der Waals surface area contributed by atoms with Crippen molar-refractivity contribution in [3.05, 3.63) is 53.1 Å². The van der Waals surface area contributed by atoms with E-state index >= 15 is 0 Å². The number of aryl methyl sites for hydroxylation is 2. The molecule has 1 aromatic carbocycles. The Morgan fingerprint density at radius 1 is 1.12 bits per heavy atom. The molecule has 0 saturated carbocycles. The van der Waals surface area contributed by atoms with Crippen LogP contribution in [0.4, 0.5) is 0 Å². The Hall–Kier alpha value is -1.79. The third-order valence-electron chi connectivity index (χ3n) is 4.39. The molecule has 128 valence electrons. The molecule has 1 aromatic heterocycles. The van der Waals surface area contributed by atoms with Gasteiger partial charge in [-0.25, -0.2) is 18.4 Å². The third-order valence-corrected chi connectivity index (χ3v) is 5.52. The second-order valence-electron chi connectivity index (χ2n) is 6.65. The third kappa shape index (κ3) is 3.99. The van der Waals surface area contributed by atoms with Gasteiger partial charge in [0.1, 0.15) is 5.82 Å². The highest BCUT2D eigenvalue weighted by Gasteiger charge is 2.26. The number of rotatable bonds is 4. The van der Waals surface area contributed by atoms with Crippen LogP contribution < -0.4 is 0 Å². The van der Waals surface area contributed by atoms with Gasteiger partial charge in [-0.3, -0.25) is 4.90 Å². The lowest BCUT2D eigenvalue weighted by Crippen LogP contribution is -2.20. The maximum absolute atomic E-state index is 11.5. The summed E-state index contributed by atoms with van der Waals surface area (Å²) >= 11 is 0. The summed E-state index contributed by atoms with van der Waals surface area (Å²) < 4.78 is 23.0. The standard InChI is InChI=1S/C18H23N3O2S/c1-13-10-14(2)20-18(19-13)16-8-9-21(12-16)11-15-4-6-17(7-5-15)24(3,22)23/h4-7,10,16H,8-9,11-12H2,1-3H3/t16-/m0/s1. The average molecular weight is 345 g/mol. The van der Waals surface area contributed by atoms with Crippen LogP contribution in [0.15, 0.2) is 35.2 Å². The molecule has 0 unspecified atom stereocenters. The van der Waals surface area contributed by atoms with Crippen molar-refractivity contribution in [2.45, 2.75) is 37.6 Å². The van der Waals surface area contributed by atoms with Gasteiger partial charge in [-0.05, 0) is 50.6 Å². The first-order chi connectivity index (χ1) is 11.3. The number of hydrogen-bond donors (Lipinski definition) is 0. The summed E-state index contributed by atoms with van der Waals surface area (Å²) in [6.45, 7) is 6.79. The zero-order chi connectivity index (χ0) is 17.3. The van der Waals surface area contributed by atoms with Crippen LogP contribution in [0.2, 0.25) is 0 Å². The number of hydrogen-bond acceptors (Lipinski definition) is 5. The van der Waals surface area contributed by atoms with Gasteiger partial charge in [-0.2, -0.15) is 0 Å². The molecule has 0 bridgehead atoms. The molecule has 1 fully saturated rings. The van der Waals surface area contributed by atoms with E-state index in [-0.39, 0.29) is 0 Å². The molecule has 5 nitrogen and oxygen atoms in total. The zero-order valence-corrected chi connectivity index (χ0v) is 15.2. The largest absolute Gasteiger partial charge is 0.298 e. The molecule has 0 amide bonds. The van der Waals surface area contributed by atoms with Crippen LogP contribution in [-0.4, -0.2) is 42.6 Å². The lowest BCUT2D eigenvalue weighted by molar-refractivity contribution is 0.325. The quantitative estimate of drug-likeness (QED) is 0.852. The van der Waals surface area contributed by atoms with E-state index in [0.29, 0.717) is 10.8 Å². The van der Waals surface area contributed by atoms with Crippen LogP contribution in [0.25, 0.3) is 0 Å². The maximum Gasteiger partial charge on any atom is 0.175 e. The van der Waals surface area contributed by atoms with E-state index in [9.17, 15) is 8.42 Å². The van der Waals surface area contributed by atoms with E-state index in [0.717, 1.165) is 48.8 Å². The molecule has 0 aliphatic carbocycles. The fourth-order valence-electron chi connectivity index (χ4n) is 3.22. The van der Waals surface area contributed by atoms with Crippen molar-refractivity contribution in [3.63, 3.8) is 0 Å². The minimum atomic E-state index is -3.13. The van der Waals surface area contributed by atoms with E-state index in [1.165, 1.54) is 6.26 Å². The van der Waals surface area contributed by atoms with Gasteiger partial charge in [0.25, 0.3) is 0 Å². The predicted molar refractivity (Wildman–Crippen MR) is 93.7 cm³/mol. The number of nitrogens with zero attached hydrogens (tertiary/aromatic N) is 3. The lowest BCUT2D eigenvalue weighted by Gasteiger charge is -2.16. The van der Waals surface area contributed by atoms with E-state index in [4.69, 9.17) is 0 Å². The van der Waals surface area contributed by atoms with Gasteiger partial charge in [0, 0.05) is 36.7 Å². The minimum Gasteiger partial charge on any atom is -0.298 e. The van der Waals surface area contributed by atoms with Crippen LogP contribution in [0, 0.1) is 13.8 Å². The second-order valence-corrected chi connectivity index (χ2v) is 8.66. The normalized spacial score (nSPS) is 18.9. The SMILES string of the molecule is Cc1cc(C)nc([C@H]2CCN(Cc3ccc(S(C)(=O)=O)cc3)C2)n1. The summed E-state index contributed by atoms with van der Waals surface area (Å²) in [4.78, 5) is 11.9. The summed E-state index contributed by atoms with van der Waals surface area (Å²) in [6, 6.07) is 9.17. The summed E-state index contributed by atoms with van der Waals surface area (Å²) in [6.07, 6.45) is 2.29. The van der Waals surface area contributed by atoms with Gasteiger partial charge in [0.2, 0.25) is 0 Å². The first-order valence-corrected chi connectivity index (χ1v) is 10.0. The Bertz CT molecular complexity index is 812. The highest BCUT2D eigenvalue weighted by molar-refractivity contribution is 7.90. The molecule has 2 heterocycles. The Balaban J connectivity index is 1.66. The van der Waals surface area contributed by atoms with E-state index < -0.39 is 9.84 Å². The fraction of sp³-hybridized carbons (Fsp3) is 0.444. The van der Waals surface area contributed by atoms with Crippen molar-refractivity contribution in [3.8, 4) is 0 Å². The number of aromatic nitrogens is 2. The summed E-state index contributed by atoms with van der Waals surface area (Å²) in [7, 11) is -3.13. The molecule has 6 heteroatoms. The van der Waals surface area contributed by atoms with E-state index in [1.807, 2.05) is 32.0 Å². The molecule has 1 aliphatic rings. The molecule has 0 N–H and O–H groups in total. The topological polar surface area (TPSA) is 63.2 Å². The second kappa shape index (κ2) is 6.61. The van der Waals surface area contributed by atoms with Gasteiger partial charge in [-0.1, -0.05) is 12.1 Å². The first-order valence-electron chi connectivity index (χ1n) is 8.15. The van der Waals surface area contributed by atoms with Gasteiger partial charge < -0.3 is 0 Å². The smallest absolute Gasteiger partial charge is 0.175 e. The van der Waals surface area contributed by atoms with Gasteiger partial charge in [0.15, 0.2) is 9.84 Å². The van der Waals surface area contributed by atoms with Crippen molar-refractivity contribution < 1.29 is 8.42 Å². The molecule has 0 spiro atoms. The molecule has 2 aromatic rings. The molecular weight excluding hydrogens is 322 g/mol. The van der Waals surface area contributed by atoms with Crippen molar-refractivity contribution in [2.75, 3.05) is 19.3 Å². The van der Waals surface area contributed by atoms with Crippen molar-refractivity contribution in [1.29, 1.82) is 0 Å². The number of sulfone groups is 1. The molecular formula is C18H23N3O2S. The highest BCUT2D eigenvalue weighted by atomic mass is 32.2. The number of benzene rings is 1. The monoisotopic (exact) mass is 345 g/mol. The van der Waals surface area contributed by atoms with Crippen LogP contribution >= 0.6 is 0 Å². The van der Waals surface area contributed by atoms with Gasteiger partial charge in [-0.15, -0.1) is 0 Å². The average Bonchev–Trinajstić information content (AvgIpc) is 2.94. The van der Waals surface area contributed by atoms with Gasteiger partial charge >= 0.3 is 0 Å². The van der Waals surface area contributed by atoms with E-state index in [2.05, 4.69) is 14.9 Å². The van der Waals surface area contributed by atoms with Crippen molar-refractivity contribution >= 4 is 9.84 Å². The summed E-state index contributed by atoms with van der Waals surface area (Å²) in [5.74, 6) is 1.32. The fourth-order valence-corrected chi connectivity index (χ4v) is 3.85. The van der Waals surface area contributed by atoms with Crippen LogP contribution in [0.1, 0.15) is 35.1 Å². The minimum absolute atomic E-state index is 0.370. The van der Waals surface area contributed by atoms with Crippen LogP contribution in [0.3, 0.4) is 0 Å². The van der Waals surface area contributed by atoms with Crippen molar-refractivity contribution in [1.82, 2.24) is 14.9 Å². The maximum atomic E-state index is 11.5. The van der Waals surface area contributed by atoms with Crippen LogP contribution in [0.5, 0.6) is 0 Å². The summed E-state index contributed by atoms with van der Waals surface area (Å²) in [5.41, 5.74) is 3.17. The Labute approximate surface area is 143 Å².